The Morgan fingerprint density at radius 3 is 1.96 bits per heavy atom. The van der Waals surface area contributed by atoms with Gasteiger partial charge in [0.25, 0.3) is 0 Å². The third-order valence-electron chi connectivity index (χ3n) is 9.75. The second kappa shape index (κ2) is 9.25. The molecule has 0 aliphatic heterocycles. The fraction of sp³-hybridized carbons (Fsp3) is 0. The molecule has 218 valence electrons. The van der Waals surface area contributed by atoms with E-state index in [-0.39, 0.29) is 0 Å². The fourth-order valence-corrected chi connectivity index (χ4v) is 8.64. The molecule has 0 radical (unpaired) electrons. The predicted molar refractivity (Wildman–Crippen MR) is 197 cm³/mol. The number of nitrogens with zero attached hydrogens (tertiary/aromatic N) is 4. The van der Waals surface area contributed by atoms with Gasteiger partial charge in [0, 0.05) is 43.3 Å². The molecule has 5 heterocycles. The van der Waals surface area contributed by atoms with Crippen LogP contribution in [0.4, 0.5) is 0 Å². The highest BCUT2D eigenvalue weighted by Gasteiger charge is 2.21. The minimum absolute atomic E-state index is 0.675. The largest absolute Gasteiger partial charge is 0.300 e. The van der Waals surface area contributed by atoms with E-state index in [2.05, 4.69) is 142 Å². The number of rotatable bonds is 3. The molecule has 0 amide bonds. The monoisotopic (exact) mass is 616 g/mol. The molecule has 0 atom stereocenters. The normalized spacial score (nSPS) is 12.3. The van der Waals surface area contributed by atoms with E-state index in [4.69, 9.17) is 9.97 Å². The van der Waals surface area contributed by atoms with Gasteiger partial charge in [0.15, 0.2) is 0 Å². The zero-order chi connectivity index (χ0) is 30.6. The zero-order valence-corrected chi connectivity index (χ0v) is 25.9. The molecule has 0 bridgehead atoms. The molecule has 4 nitrogen and oxygen atoms in total. The number of hydrogen-bond donors (Lipinski definition) is 0. The number of para-hydroxylation sites is 3. The van der Waals surface area contributed by atoms with Crippen molar-refractivity contribution in [2.24, 2.45) is 0 Å². The molecular weight excluding hydrogens is 593 g/mol. The number of aromatic nitrogens is 4. The maximum absolute atomic E-state index is 5.25. The van der Waals surface area contributed by atoms with E-state index in [1.165, 1.54) is 59.3 Å². The molecule has 11 rings (SSSR count). The average molecular weight is 617 g/mol. The first kappa shape index (κ1) is 25.2. The average Bonchev–Trinajstić information content (AvgIpc) is 3.89. The fourth-order valence-electron chi connectivity index (χ4n) is 7.71. The van der Waals surface area contributed by atoms with Gasteiger partial charge in [0.05, 0.1) is 33.3 Å². The number of fused-ring (bicyclic) bond motifs is 10. The lowest BCUT2D eigenvalue weighted by Crippen LogP contribution is -2.03. The summed E-state index contributed by atoms with van der Waals surface area (Å²) >= 11 is 1.82. The topological polar surface area (TPSA) is 35.1 Å². The summed E-state index contributed by atoms with van der Waals surface area (Å²) in [5.41, 5.74) is 10.1. The Balaban J connectivity index is 1.18. The van der Waals surface area contributed by atoms with E-state index < -0.39 is 0 Å². The number of hydrogen-bond acceptors (Lipinski definition) is 3. The summed E-state index contributed by atoms with van der Waals surface area (Å²) in [5.74, 6) is 0.675. The highest BCUT2D eigenvalue weighted by molar-refractivity contribution is 7.17. The molecule has 0 saturated carbocycles. The Morgan fingerprint density at radius 1 is 0.447 bits per heavy atom. The van der Waals surface area contributed by atoms with Crippen LogP contribution in [0.25, 0.3) is 98.5 Å². The molecule has 6 aromatic carbocycles. The smallest absolute Gasteiger partial charge is 0.235 e. The van der Waals surface area contributed by atoms with Crippen LogP contribution in [0.1, 0.15) is 0 Å². The van der Waals surface area contributed by atoms with Gasteiger partial charge in [-0.2, -0.15) is 0 Å². The molecule has 0 aliphatic rings. The van der Waals surface area contributed by atoms with E-state index in [1.54, 1.807) is 0 Å². The van der Waals surface area contributed by atoms with E-state index in [0.717, 1.165) is 33.2 Å². The Hall–Kier alpha value is -6.04. The summed E-state index contributed by atoms with van der Waals surface area (Å²) in [5, 5.41) is 10.9. The van der Waals surface area contributed by atoms with Crippen LogP contribution >= 0.6 is 11.3 Å². The van der Waals surface area contributed by atoms with Crippen molar-refractivity contribution in [3.63, 3.8) is 0 Å². The molecule has 0 aliphatic carbocycles. The van der Waals surface area contributed by atoms with Crippen LogP contribution in [-0.4, -0.2) is 18.9 Å². The van der Waals surface area contributed by atoms with Gasteiger partial charge in [-0.3, -0.25) is 8.97 Å². The lowest BCUT2D eigenvalue weighted by Gasteiger charge is -2.12. The molecule has 0 saturated heterocycles. The standard InChI is InChI=1S/C42H24N4S/c1-2-10-25(11-3-1)39-31-14-4-7-15-35(31)43-42(44-39)45-36-16-8-5-12-28(36)32-22-26(18-19-38(32)45)27-23-33-29-13-6-9-17-37(29)46-40(33)34(24-27)30-20-21-47-41(30)46/h1-24H. The van der Waals surface area contributed by atoms with Crippen LogP contribution in [0, 0.1) is 0 Å². The van der Waals surface area contributed by atoms with Crippen LogP contribution in [0.5, 0.6) is 0 Å². The first-order valence-corrected chi connectivity index (χ1v) is 16.7. The second-order valence-electron chi connectivity index (χ2n) is 12.3. The predicted octanol–water partition coefficient (Wildman–Crippen LogP) is 11.3. The second-order valence-corrected chi connectivity index (χ2v) is 13.1. The van der Waals surface area contributed by atoms with Crippen LogP contribution in [-0.2, 0) is 0 Å². The molecule has 0 unspecified atom stereocenters. The van der Waals surface area contributed by atoms with Crippen molar-refractivity contribution >= 4 is 81.5 Å². The third kappa shape index (κ3) is 3.41. The Morgan fingerprint density at radius 2 is 1.11 bits per heavy atom. The van der Waals surface area contributed by atoms with Crippen LogP contribution in [0.3, 0.4) is 0 Å². The maximum atomic E-state index is 5.25. The van der Waals surface area contributed by atoms with Crippen molar-refractivity contribution in [2.75, 3.05) is 0 Å². The van der Waals surface area contributed by atoms with E-state index in [9.17, 15) is 0 Å². The highest BCUT2D eigenvalue weighted by Crippen LogP contribution is 2.44. The van der Waals surface area contributed by atoms with E-state index in [1.807, 2.05) is 23.5 Å². The van der Waals surface area contributed by atoms with Crippen molar-refractivity contribution in [2.45, 2.75) is 0 Å². The SMILES string of the molecule is c1ccc(-c2nc(-n3c4ccccc4c4cc(-c5cc6c7ccccc7n7c8sccc8c(c5)c67)ccc43)nc3ccccc23)cc1. The van der Waals surface area contributed by atoms with Crippen molar-refractivity contribution in [1.29, 1.82) is 0 Å². The van der Waals surface area contributed by atoms with Gasteiger partial charge in [-0.05, 0) is 65.0 Å². The molecular formula is C42H24N4S. The summed E-state index contributed by atoms with van der Waals surface area (Å²) in [6, 6.07) is 50.0. The van der Waals surface area contributed by atoms with Gasteiger partial charge in [-0.1, -0.05) is 91.0 Å². The van der Waals surface area contributed by atoms with Crippen molar-refractivity contribution in [3.05, 3.63) is 145 Å². The van der Waals surface area contributed by atoms with E-state index >= 15 is 0 Å². The van der Waals surface area contributed by atoms with Crippen LogP contribution in [0.15, 0.2) is 145 Å². The quantitative estimate of drug-likeness (QED) is 0.198. The molecule has 11 aromatic rings. The minimum Gasteiger partial charge on any atom is -0.300 e. The molecule has 0 spiro atoms. The first-order chi connectivity index (χ1) is 23.3. The summed E-state index contributed by atoms with van der Waals surface area (Å²) in [6.07, 6.45) is 0. The Bertz CT molecular complexity index is 3020. The lowest BCUT2D eigenvalue weighted by molar-refractivity contribution is 1.01. The van der Waals surface area contributed by atoms with Gasteiger partial charge >= 0.3 is 0 Å². The highest BCUT2D eigenvalue weighted by atomic mass is 32.1. The molecule has 5 heteroatoms. The zero-order valence-electron chi connectivity index (χ0n) is 25.1. The summed E-state index contributed by atoms with van der Waals surface area (Å²) in [4.78, 5) is 11.7. The lowest BCUT2D eigenvalue weighted by atomic mass is 9.98. The first-order valence-electron chi connectivity index (χ1n) is 15.8. The maximum Gasteiger partial charge on any atom is 0.235 e. The number of thiophene rings is 1. The summed E-state index contributed by atoms with van der Waals surface area (Å²) in [6.45, 7) is 0. The van der Waals surface area contributed by atoms with Gasteiger partial charge in [-0.25, -0.2) is 9.97 Å². The summed E-state index contributed by atoms with van der Waals surface area (Å²) < 4.78 is 4.68. The van der Waals surface area contributed by atoms with Gasteiger partial charge in [0.1, 0.15) is 4.83 Å². The summed E-state index contributed by atoms with van der Waals surface area (Å²) in [7, 11) is 0. The van der Waals surface area contributed by atoms with Gasteiger partial charge in [-0.15, -0.1) is 11.3 Å². The Kier molecular flexibility index (Phi) is 4.96. The van der Waals surface area contributed by atoms with Crippen molar-refractivity contribution < 1.29 is 0 Å². The molecule has 0 N–H and O–H groups in total. The van der Waals surface area contributed by atoms with Crippen LogP contribution < -0.4 is 0 Å². The molecule has 0 fully saturated rings. The van der Waals surface area contributed by atoms with Crippen molar-refractivity contribution in [1.82, 2.24) is 18.9 Å². The number of benzene rings is 6. The Labute approximate surface area is 272 Å². The van der Waals surface area contributed by atoms with E-state index in [0.29, 0.717) is 5.95 Å². The van der Waals surface area contributed by atoms with Gasteiger partial charge < -0.3 is 0 Å². The van der Waals surface area contributed by atoms with Gasteiger partial charge in [0.2, 0.25) is 5.95 Å². The van der Waals surface area contributed by atoms with Crippen molar-refractivity contribution in [3.8, 4) is 28.3 Å². The third-order valence-corrected chi connectivity index (χ3v) is 10.6. The minimum atomic E-state index is 0.675. The van der Waals surface area contributed by atoms with Crippen LogP contribution in [0.2, 0.25) is 0 Å². The molecule has 5 aromatic heterocycles. The molecule has 47 heavy (non-hydrogen) atoms.